The minimum Gasteiger partial charge on any atom is -0.312 e. The third-order valence-electron chi connectivity index (χ3n) is 3.10. The minimum absolute atomic E-state index is 1.14. The van der Waals surface area contributed by atoms with Gasteiger partial charge in [-0.05, 0) is 24.6 Å². The molecule has 1 heterocycles. The molecular formula is C15H20N3+. The zero-order chi connectivity index (χ0) is 13.1. The molecule has 1 aliphatic heterocycles. The van der Waals surface area contributed by atoms with E-state index in [9.17, 15) is 0 Å². The Kier molecular flexibility index (Phi) is 3.51. The molecule has 1 aliphatic rings. The van der Waals surface area contributed by atoms with Crippen molar-refractivity contribution >= 4 is 12.0 Å². The molecule has 94 valence electrons. The number of aryl methyl sites for hydroxylation is 1. The predicted octanol–water partition coefficient (Wildman–Crippen LogP) is 2.40. The second-order valence-electron chi connectivity index (χ2n) is 4.60. The topological polar surface area (TPSA) is 9.49 Å². The van der Waals surface area contributed by atoms with Crippen molar-refractivity contribution in [3.63, 3.8) is 0 Å². The quantitative estimate of drug-likeness (QED) is 0.737. The van der Waals surface area contributed by atoms with Gasteiger partial charge >= 0.3 is 0 Å². The molecule has 0 spiro atoms. The third kappa shape index (κ3) is 2.45. The zero-order valence-corrected chi connectivity index (χ0v) is 11.5. The first-order chi connectivity index (χ1) is 8.59. The van der Waals surface area contributed by atoms with Gasteiger partial charge in [-0.25, -0.2) is 9.48 Å². The first kappa shape index (κ1) is 12.4. The summed E-state index contributed by atoms with van der Waals surface area (Å²) in [6, 6.07) is 8.41. The second kappa shape index (κ2) is 5.08. The highest BCUT2D eigenvalue weighted by Gasteiger charge is 2.18. The highest BCUT2D eigenvalue weighted by atomic mass is 15.3. The SMILES string of the molecule is Cc1ccccc1N(C)C1=CC=C[N+](C)=CN1C. The van der Waals surface area contributed by atoms with Gasteiger partial charge < -0.3 is 4.90 Å². The van der Waals surface area contributed by atoms with Gasteiger partial charge in [0.05, 0.1) is 20.3 Å². The monoisotopic (exact) mass is 242 g/mol. The van der Waals surface area contributed by atoms with Crippen LogP contribution in [-0.4, -0.2) is 37.0 Å². The molecule has 2 rings (SSSR count). The molecule has 0 unspecified atom stereocenters. The predicted molar refractivity (Wildman–Crippen MR) is 76.8 cm³/mol. The van der Waals surface area contributed by atoms with E-state index in [1.54, 1.807) is 0 Å². The molecule has 0 aromatic heterocycles. The molecular weight excluding hydrogens is 222 g/mol. The Morgan fingerprint density at radius 2 is 1.94 bits per heavy atom. The van der Waals surface area contributed by atoms with Crippen LogP contribution >= 0.6 is 0 Å². The van der Waals surface area contributed by atoms with E-state index in [0.717, 1.165) is 5.82 Å². The Balaban J connectivity index is 2.35. The van der Waals surface area contributed by atoms with Crippen LogP contribution in [0, 0.1) is 6.92 Å². The Labute approximate surface area is 109 Å². The molecule has 3 heteroatoms. The molecule has 3 nitrogen and oxygen atoms in total. The molecule has 0 fully saturated rings. The first-order valence-corrected chi connectivity index (χ1v) is 6.07. The van der Waals surface area contributed by atoms with Gasteiger partial charge in [0, 0.05) is 18.8 Å². The van der Waals surface area contributed by atoms with E-state index in [0.29, 0.717) is 0 Å². The van der Waals surface area contributed by atoms with E-state index in [2.05, 4.69) is 73.6 Å². The molecule has 0 radical (unpaired) electrons. The van der Waals surface area contributed by atoms with Gasteiger partial charge in [-0.1, -0.05) is 18.2 Å². The molecule has 0 amide bonds. The Bertz CT molecular complexity index is 526. The first-order valence-electron chi connectivity index (χ1n) is 6.07. The van der Waals surface area contributed by atoms with Crippen LogP contribution in [0.2, 0.25) is 0 Å². The van der Waals surface area contributed by atoms with Crippen LogP contribution in [0.15, 0.2) is 48.4 Å². The summed E-state index contributed by atoms with van der Waals surface area (Å²) in [5.74, 6) is 1.14. The van der Waals surface area contributed by atoms with Crippen molar-refractivity contribution in [1.82, 2.24) is 4.90 Å². The summed E-state index contributed by atoms with van der Waals surface area (Å²) < 4.78 is 2.04. The smallest absolute Gasteiger partial charge is 0.244 e. The van der Waals surface area contributed by atoms with Crippen molar-refractivity contribution in [2.45, 2.75) is 6.92 Å². The van der Waals surface area contributed by atoms with Crippen molar-refractivity contribution in [2.75, 3.05) is 26.0 Å². The van der Waals surface area contributed by atoms with Crippen LogP contribution in [0.3, 0.4) is 0 Å². The van der Waals surface area contributed by atoms with Crippen LogP contribution in [-0.2, 0) is 0 Å². The molecule has 1 aromatic carbocycles. The van der Waals surface area contributed by atoms with Gasteiger partial charge in [0.1, 0.15) is 0 Å². The summed E-state index contributed by atoms with van der Waals surface area (Å²) in [4.78, 5) is 4.32. The van der Waals surface area contributed by atoms with Gasteiger partial charge in [-0.15, -0.1) is 0 Å². The van der Waals surface area contributed by atoms with E-state index in [1.165, 1.54) is 11.3 Å². The van der Waals surface area contributed by atoms with Crippen molar-refractivity contribution in [3.8, 4) is 0 Å². The average molecular weight is 242 g/mol. The van der Waals surface area contributed by atoms with Gasteiger partial charge in [0.2, 0.25) is 12.2 Å². The fourth-order valence-corrected chi connectivity index (χ4v) is 2.16. The molecule has 0 saturated heterocycles. The maximum absolute atomic E-state index is 2.20. The summed E-state index contributed by atoms with van der Waals surface area (Å²) in [5, 5.41) is 0. The highest BCUT2D eigenvalue weighted by molar-refractivity contribution is 5.62. The molecule has 0 bridgehead atoms. The number of nitrogens with zero attached hydrogens (tertiary/aromatic N) is 3. The normalized spacial score (nSPS) is 15.0. The Hall–Kier alpha value is -2.03. The van der Waals surface area contributed by atoms with Crippen LogP contribution in [0.4, 0.5) is 5.69 Å². The number of benzene rings is 1. The van der Waals surface area contributed by atoms with Gasteiger partial charge in [-0.2, -0.15) is 0 Å². The summed E-state index contributed by atoms with van der Waals surface area (Å²) >= 11 is 0. The van der Waals surface area contributed by atoms with E-state index >= 15 is 0 Å². The lowest BCUT2D eigenvalue weighted by atomic mass is 10.2. The number of anilines is 1. The summed E-state index contributed by atoms with van der Waals surface area (Å²) in [6.07, 6.45) is 8.27. The van der Waals surface area contributed by atoms with Gasteiger partial charge in [-0.3, -0.25) is 0 Å². The summed E-state index contributed by atoms with van der Waals surface area (Å²) in [6.45, 7) is 2.13. The third-order valence-corrected chi connectivity index (χ3v) is 3.10. The lowest BCUT2D eigenvalue weighted by Crippen LogP contribution is -2.31. The van der Waals surface area contributed by atoms with Crippen LogP contribution in [0.1, 0.15) is 5.56 Å². The van der Waals surface area contributed by atoms with Gasteiger partial charge in [0.15, 0.2) is 0 Å². The maximum atomic E-state index is 2.20. The van der Waals surface area contributed by atoms with E-state index < -0.39 is 0 Å². The lowest BCUT2D eigenvalue weighted by molar-refractivity contribution is -0.421. The minimum atomic E-state index is 1.14. The zero-order valence-electron chi connectivity index (χ0n) is 11.5. The molecule has 0 saturated carbocycles. The fourth-order valence-electron chi connectivity index (χ4n) is 2.16. The van der Waals surface area contributed by atoms with Crippen molar-refractivity contribution in [1.29, 1.82) is 0 Å². The summed E-state index contributed by atoms with van der Waals surface area (Å²) in [7, 11) is 6.18. The number of para-hydroxylation sites is 1. The van der Waals surface area contributed by atoms with Crippen LogP contribution in [0.5, 0.6) is 0 Å². The molecule has 1 aromatic rings. The second-order valence-corrected chi connectivity index (χ2v) is 4.60. The number of allylic oxidation sites excluding steroid dienone is 2. The van der Waals surface area contributed by atoms with Crippen LogP contribution in [0.25, 0.3) is 0 Å². The maximum Gasteiger partial charge on any atom is 0.244 e. The van der Waals surface area contributed by atoms with Crippen molar-refractivity contribution in [3.05, 3.63) is 54.0 Å². The molecule has 0 atom stereocenters. The van der Waals surface area contributed by atoms with E-state index in [1.807, 2.05) is 17.8 Å². The fraction of sp³-hybridized carbons (Fsp3) is 0.267. The lowest BCUT2D eigenvalue weighted by Gasteiger charge is -2.24. The van der Waals surface area contributed by atoms with E-state index in [-0.39, 0.29) is 0 Å². The molecule has 0 aliphatic carbocycles. The van der Waals surface area contributed by atoms with Crippen molar-refractivity contribution in [2.24, 2.45) is 0 Å². The average Bonchev–Trinajstić information content (AvgIpc) is 2.50. The Morgan fingerprint density at radius 1 is 1.22 bits per heavy atom. The van der Waals surface area contributed by atoms with Crippen molar-refractivity contribution < 1.29 is 4.58 Å². The molecule has 18 heavy (non-hydrogen) atoms. The summed E-state index contributed by atoms with van der Waals surface area (Å²) in [5.41, 5.74) is 2.50. The number of hydrogen-bond donors (Lipinski definition) is 0. The van der Waals surface area contributed by atoms with E-state index in [4.69, 9.17) is 0 Å². The highest BCUT2D eigenvalue weighted by Crippen LogP contribution is 2.22. The largest absolute Gasteiger partial charge is 0.312 e. The molecule has 0 N–H and O–H groups in total. The number of hydrogen-bond acceptors (Lipinski definition) is 2. The van der Waals surface area contributed by atoms with Gasteiger partial charge in [0.25, 0.3) is 0 Å². The Morgan fingerprint density at radius 3 is 2.67 bits per heavy atom. The number of rotatable bonds is 2. The standard InChI is InChI=1S/C15H20N3/c1-13-8-5-6-9-14(13)18(4)15-10-7-11-16(2)12-17(15)3/h5-12H,1-4H3/q+1. The van der Waals surface area contributed by atoms with Crippen LogP contribution < -0.4 is 4.90 Å².